The molecule has 4 aliphatic carbocycles. The number of benzene rings is 1. The number of amides is 2. The van der Waals surface area contributed by atoms with Crippen LogP contribution in [0.3, 0.4) is 0 Å². The van der Waals surface area contributed by atoms with Gasteiger partial charge in [-0.3, -0.25) is 20.4 Å². The molecule has 0 heterocycles. The van der Waals surface area contributed by atoms with Crippen molar-refractivity contribution in [1.29, 1.82) is 0 Å². The lowest BCUT2D eigenvalue weighted by atomic mass is 9.49. The highest BCUT2D eigenvalue weighted by atomic mass is 16.2. The molecule has 1 aromatic rings. The Morgan fingerprint density at radius 1 is 0.880 bits per heavy atom. The van der Waals surface area contributed by atoms with Gasteiger partial charge in [0.05, 0.1) is 0 Å². The second-order valence-electron chi connectivity index (χ2n) is 8.68. The molecule has 0 spiro atoms. The lowest BCUT2D eigenvalue weighted by Gasteiger charge is -2.56. The number of hydrogen-bond donors (Lipinski definition) is 2. The molecular weight excluding hydrogens is 312 g/mol. The summed E-state index contributed by atoms with van der Waals surface area (Å²) in [7, 11) is 0. The summed E-state index contributed by atoms with van der Waals surface area (Å²) in [4.78, 5) is 24.3. The van der Waals surface area contributed by atoms with E-state index in [0.29, 0.717) is 19.3 Å². The van der Waals surface area contributed by atoms with Gasteiger partial charge >= 0.3 is 0 Å². The van der Waals surface area contributed by atoms with Crippen LogP contribution in [0.25, 0.3) is 0 Å². The number of nitrogens with one attached hydrogen (secondary N) is 2. The largest absolute Gasteiger partial charge is 0.273 e. The summed E-state index contributed by atoms with van der Waals surface area (Å²) in [6.45, 7) is 0. The topological polar surface area (TPSA) is 58.2 Å². The van der Waals surface area contributed by atoms with Crippen LogP contribution in [0.5, 0.6) is 0 Å². The van der Waals surface area contributed by atoms with Gasteiger partial charge in [0.2, 0.25) is 11.8 Å². The van der Waals surface area contributed by atoms with Crippen LogP contribution >= 0.6 is 0 Å². The summed E-state index contributed by atoms with van der Waals surface area (Å²) in [5, 5.41) is 0. The molecule has 25 heavy (non-hydrogen) atoms. The molecule has 1 aromatic carbocycles. The molecule has 0 saturated heterocycles. The molecule has 4 fully saturated rings. The van der Waals surface area contributed by atoms with E-state index in [1.54, 1.807) is 0 Å². The van der Waals surface area contributed by atoms with Gasteiger partial charge in [0.25, 0.3) is 0 Å². The summed E-state index contributed by atoms with van der Waals surface area (Å²) < 4.78 is 0. The molecule has 4 bridgehead atoms. The van der Waals surface area contributed by atoms with Gasteiger partial charge in [-0.05, 0) is 73.7 Å². The van der Waals surface area contributed by atoms with Gasteiger partial charge in [0.15, 0.2) is 0 Å². The first kappa shape index (κ1) is 16.6. The SMILES string of the molecule is O=C(CCc1ccccc1)NNC(=O)CC12CC3CC(CC(C3)C1)C2. The third-order valence-electron chi connectivity index (χ3n) is 6.53. The molecule has 4 aliphatic rings. The Labute approximate surface area is 149 Å². The number of aryl methyl sites for hydroxylation is 1. The van der Waals surface area contributed by atoms with Gasteiger partial charge in [-0.2, -0.15) is 0 Å². The van der Waals surface area contributed by atoms with Crippen LogP contribution in [-0.4, -0.2) is 11.8 Å². The second kappa shape index (κ2) is 6.81. The second-order valence-corrected chi connectivity index (χ2v) is 8.68. The van der Waals surface area contributed by atoms with Crippen molar-refractivity contribution in [3.05, 3.63) is 35.9 Å². The summed E-state index contributed by atoms with van der Waals surface area (Å²) in [5.74, 6) is 2.40. The Kier molecular flexibility index (Phi) is 4.53. The summed E-state index contributed by atoms with van der Waals surface area (Å²) >= 11 is 0. The maximum Gasteiger partial charge on any atom is 0.238 e. The van der Waals surface area contributed by atoms with Crippen molar-refractivity contribution in [2.45, 2.75) is 57.8 Å². The number of hydrogen-bond acceptors (Lipinski definition) is 2. The van der Waals surface area contributed by atoms with Gasteiger partial charge in [0, 0.05) is 12.8 Å². The van der Waals surface area contributed by atoms with Gasteiger partial charge < -0.3 is 0 Å². The molecular formula is C21H28N2O2. The highest BCUT2D eigenvalue weighted by molar-refractivity contribution is 5.82. The molecule has 0 aromatic heterocycles. The van der Waals surface area contributed by atoms with E-state index >= 15 is 0 Å². The van der Waals surface area contributed by atoms with Gasteiger partial charge in [-0.15, -0.1) is 0 Å². The van der Waals surface area contributed by atoms with E-state index in [-0.39, 0.29) is 17.2 Å². The van der Waals surface area contributed by atoms with Crippen molar-refractivity contribution >= 4 is 11.8 Å². The van der Waals surface area contributed by atoms with E-state index in [9.17, 15) is 9.59 Å². The predicted molar refractivity (Wildman–Crippen MR) is 96.3 cm³/mol. The van der Waals surface area contributed by atoms with Crippen molar-refractivity contribution in [2.75, 3.05) is 0 Å². The van der Waals surface area contributed by atoms with E-state index in [2.05, 4.69) is 10.9 Å². The average molecular weight is 340 g/mol. The first-order chi connectivity index (χ1) is 12.1. The Morgan fingerprint density at radius 2 is 1.44 bits per heavy atom. The Hall–Kier alpha value is -1.84. The Bertz CT molecular complexity index is 605. The number of rotatable bonds is 5. The first-order valence-electron chi connectivity index (χ1n) is 9.72. The first-order valence-corrected chi connectivity index (χ1v) is 9.72. The number of carbonyl (C=O) groups is 2. The van der Waals surface area contributed by atoms with E-state index in [1.807, 2.05) is 30.3 Å². The van der Waals surface area contributed by atoms with Crippen LogP contribution in [0, 0.1) is 23.2 Å². The average Bonchev–Trinajstić information content (AvgIpc) is 2.57. The molecule has 0 aliphatic heterocycles. The molecule has 4 nitrogen and oxygen atoms in total. The minimum atomic E-state index is -0.122. The monoisotopic (exact) mass is 340 g/mol. The third-order valence-corrected chi connectivity index (χ3v) is 6.53. The molecule has 2 N–H and O–H groups in total. The number of hydrazine groups is 1. The summed E-state index contributed by atoms with van der Waals surface area (Å²) in [5.41, 5.74) is 6.60. The molecule has 0 atom stereocenters. The lowest BCUT2D eigenvalue weighted by molar-refractivity contribution is -0.134. The quantitative estimate of drug-likeness (QED) is 0.808. The highest BCUT2D eigenvalue weighted by Gasteiger charge is 2.51. The molecule has 4 saturated carbocycles. The smallest absolute Gasteiger partial charge is 0.238 e. The fraction of sp³-hybridized carbons (Fsp3) is 0.619. The van der Waals surface area contributed by atoms with Crippen LogP contribution in [0.4, 0.5) is 0 Å². The number of carbonyl (C=O) groups excluding carboxylic acids is 2. The van der Waals surface area contributed by atoms with E-state index < -0.39 is 0 Å². The van der Waals surface area contributed by atoms with Crippen LogP contribution < -0.4 is 10.9 Å². The zero-order valence-corrected chi connectivity index (χ0v) is 14.8. The van der Waals surface area contributed by atoms with Crippen LogP contribution in [-0.2, 0) is 16.0 Å². The highest BCUT2D eigenvalue weighted by Crippen LogP contribution is 2.61. The maximum absolute atomic E-state index is 12.4. The molecule has 0 unspecified atom stereocenters. The van der Waals surface area contributed by atoms with Crippen molar-refractivity contribution in [3.8, 4) is 0 Å². The lowest BCUT2D eigenvalue weighted by Crippen LogP contribution is -2.50. The van der Waals surface area contributed by atoms with Crippen LogP contribution in [0.2, 0.25) is 0 Å². The standard InChI is InChI=1S/C21H28N2O2/c24-19(7-6-15-4-2-1-3-5-15)22-23-20(25)14-21-11-16-8-17(12-21)10-18(9-16)13-21/h1-5,16-18H,6-14H2,(H,22,24)(H,23,25). The van der Waals surface area contributed by atoms with Crippen LogP contribution in [0.1, 0.15) is 56.9 Å². The maximum atomic E-state index is 12.4. The van der Waals surface area contributed by atoms with Gasteiger partial charge in [-0.25, -0.2) is 0 Å². The van der Waals surface area contributed by atoms with Crippen molar-refractivity contribution in [1.82, 2.24) is 10.9 Å². The van der Waals surface area contributed by atoms with Crippen LogP contribution in [0.15, 0.2) is 30.3 Å². The molecule has 5 rings (SSSR count). The minimum absolute atomic E-state index is 0.0185. The summed E-state index contributed by atoms with van der Waals surface area (Å²) in [6, 6.07) is 9.94. The molecule has 4 heteroatoms. The minimum Gasteiger partial charge on any atom is -0.273 e. The predicted octanol–water partition coefficient (Wildman–Crippen LogP) is 3.37. The Balaban J connectivity index is 1.22. The van der Waals surface area contributed by atoms with Gasteiger partial charge in [-0.1, -0.05) is 30.3 Å². The molecule has 2 amide bonds. The van der Waals surface area contributed by atoms with E-state index in [1.165, 1.54) is 38.5 Å². The normalized spacial score (nSPS) is 32.4. The van der Waals surface area contributed by atoms with Crippen molar-refractivity contribution in [2.24, 2.45) is 23.2 Å². The fourth-order valence-electron chi connectivity index (χ4n) is 6.00. The zero-order chi connectivity index (χ0) is 17.3. The molecule has 134 valence electrons. The summed E-state index contributed by atoms with van der Waals surface area (Å²) in [6.07, 6.45) is 9.47. The fourth-order valence-corrected chi connectivity index (χ4v) is 6.00. The molecule has 0 radical (unpaired) electrons. The zero-order valence-electron chi connectivity index (χ0n) is 14.8. The third kappa shape index (κ3) is 3.88. The Morgan fingerprint density at radius 3 is 2.04 bits per heavy atom. The van der Waals surface area contributed by atoms with Crippen molar-refractivity contribution in [3.63, 3.8) is 0 Å². The van der Waals surface area contributed by atoms with E-state index in [4.69, 9.17) is 0 Å². The van der Waals surface area contributed by atoms with Crippen molar-refractivity contribution < 1.29 is 9.59 Å². The van der Waals surface area contributed by atoms with E-state index in [0.717, 1.165) is 23.3 Å². The van der Waals surface area contributed by atoms with Gasteiger partial charge in [0.1, 0.15) is 0 Å².